The van der Waals surface area contributed by atoms with E-state index in [9.17, 15) is 28.9 Å². The van der Waals surface area contributed by atoms with Crippen LogP contribution in [-0.2, 0) is 42.2 Å². The average Bonchev–Trinajstić information content (AvgIpc) is 3.43. The van der Waals surface area contributed by atoms with Crippen LogP contribution in [0.15, 0.2) is 48.6 Å². The Hall–Kier alpha value is -2.56. The molecule has 0 aliphatic heterocycles. The highest BCUT2D eigenvalue weighted by atomic mass is 31.2. The maximum atomic E-state index is 13.0. The van der Waals surface area contributed by atoms with E-state index >= 15 is 0 Å². The number of hydrogen-bond acceptors (Lipinski definition) is 10. The Kier molecular flexibility index (Phi) is 58.5. The Bertz CT molecular complexity index is 1490. The van der Waals surface area contributed by atoms with Gasteiger partial charge in [-0.3, -0.25) is 23.4 Å². The Balaban J connectivity index is 4.68. The highest BCUT2D eigenvalue weighted by Crippen LogP contribution is 2.43. The molecule has 0 saturated heterocycles. The zero-order valence-electron chi connectivity index (χ0n) is 50.6. The van der Waals surface area contributed by atoms with Gasteiger partial charge < -0.3 is 24.2 Å². The number of aliphatic hydroxyl groups is 1. The molecule has 0 aliphatic rings. The Morgan fingerprint density at radius 1 is 0.372 bits per heavy atom. The van der Waals surface area contributed by atoms with Gasteiger partial charge in [0.25, 0.3) is 0 Å². The SMILES string of the molecule is CC/C=C\C/C=C\C/C=C\CCCCCCCCCC(=O)OCC(COP(=O)(O)OCC(CO)OC(=O)CCCCCCC/C=C\CCCCCCCC)OC(=O)CCCCCCCCCCCCCCCCCCCCC. The predicted molar refractivity (Wildman–Crippen MR) is 325 cm³/mol. The summed E-state index contributed by atoms with van der Waals surface area (Å²) in [6, 6.07) is 0. The number of rotatable bonds is 61. The van der Waals surface area contributed by atoms with Gasteiger partial charge in [0.15, 0.2) is 6.10 Å². The third-order valence-corrected chi connectivity index (χ3v) is 15.2. The molecule has 0 fully saturated rings. The first-order valence-electron chi connectivity index (χ1n) is 32.5. The zero-order valence-corrected chi connectivity index (χ0v) is 51.5. The summed E-state index contributed by atoms with van der Waals surface area (Å²) in [5.41, 5.74) is 0. The van der Waals surface area contributed by atoms with Crippen molar-refractivity contribution in [1.29, 1.82) is 0 Å². The quantitative estimate of drug-likeness (QED) is 0.0197. The van der Waals surface area contributed by atoms with Crippen LogP contribution in [0, 0.1) is 0 Å². The zero-order chi connectivity index (χ0) is 56.9. The minimum atomic E-state index is -4.75. The van der Waals surface area contributed by atoms with Crippen LogP contribution in [0.1, 0.15) is 316 Å². The van der Waals surface area contributed by atoms with Crippen molar-refractivity contribution in [2.24, 2.45) is 0 Å². The second kappa shape index (κ2) is 60.5. The van der Waals surface area contributed by atoms with E-state index in [-0.39, 0.29) is 25.9 Å². The molecule has 0 bridgehead atoms. The van der Waals surface area contributed by atoms with Gasteiger partial charge >= 0.3 is 25.7 Å². The van der Waals surface area contributed by atoms with Crippen LogP contribution in [0.5, 0.6) is 0 Å². The van der Waals surface area contributed by atoms with E-state index < -0.39 is 57.8 Å². The second-order valence-electron chi connectivity index (χ2n) is 21.9. The first kappa shape index (κ1) is 75.4. The van der Waals surface area contributed by atoms with Gasteiger partial charge in [-0.15, -0.1) is 0 Å². The number of carbonyl (C=O) groups is 3. The summed E-state index contributed by atoms with van der Waals surface area (Å²) in [5, 5.41) is 9.85. The minimum Gasteiger partial charge on any atom is -0.462 e. The molecule has 0 aliphatic carbocycles. The van der Waals surface area contributed by atoms with Crippen LogP contribution in [-0.4, -0.2) is 66.5 Å². The molecule has 2 N–H and O–H groups in total. The molecule has 0 rings (SSSR count). The number of hydrogen-bond donors (Lipinski definition) is 2. The lowest BCUT2D eigenvalue weighted by Gasteiger charge is -2.21. The molecule has 12 heteroatoms. The largest absolute Gasteiger partial charge is 0.472 e. The Morgan fingerprint density at radius 2 is 0.667 bits per heavy atom. The average molecular weight is 1120 g/mol. The third-order valence-electron chi connectivity index (χ3n) is 14.2. The number of phosphoric ester groups is 1. The van der Waals surface area contributed by atoms with Crippen LogP contribution in [0.3, 0.4) is 0 Å². The lowest BCUT2D eigenvalue weighted by Crippen LogP contribution is -2.30. The van der Waals surface area contributed by atoms with Gasteiger partial charge in [-0.2, -0.15) is 0 Å². The molecule has 3 atom stereocenters. The van der Waals surface area contributed by atoms with Crippen molar-refractivity contribution in [2.45, 2.75) is 328 Å². The monoisotopic (exact) mass is 1120 g/mol. The van der Waals surface area contributed by atoms with Crippen molar-refractivity contribution in [2.75, 3.05) is 26.4 Å². The van der Waals surface area contributed by atoms with Crippen molar-refractivity contribution in [3.8, 4) is 0 Å². The van der Waals surface area contributed by atoms with E-state index in [1.54, 1.807) is 0 Å². The summed E-state index contributed by atoms with van der Waals surface area (Å²) in [7, 11) is -4.75. The first-order valence-corrected chi connectivity index (χ1v) is 34.0. The molecule has 0 amide bonds. The molecule has 0 spiro atoms. The molecular weight excluding hydrogens is 1000 g/mol. The Morgan fingerprint density at radius 3 is 1.04 bits per heavy atom. The fraction of sp³-hybridized carbons (Fsp3) is 0.833. The van der Waals surface area contributed by atoms with Gasteiger partial charge in [0, 0.05) is 19.3 Å². The third kappa shape index (κ3) is 58.1. The van der Waals surface area contributed by atoms with Crippen LogP contribution in [0.2, 0.25) is 0 Å². The topological polar surface area (TPSA) is 155 Å². The van der Waals surface area contributed by atoms with Gasteiger partial charge in [-0.25, -0.2) is 4.57 Å². The molecule has 456 valence electrons. The van der Waals surface area contributed by atoms with E-state index in [1.807, 2.05) is 0 Å². The lowest BCUT2D eigenvalue weighted by molar-refractivity contribution is -0.161. The summed E-state index contributed by atoms with van der Waals surface area (Å²) >= 11 is 0. The lowest BCUT2D eigenvalue weighted by atomic mass is 10.0. The summed E-state index contributed by atoms with van der Waals surface area (Å²) < 4.78 is 39.7. The summed E-state index contributed by atoms with van der Waals surface area (Å²) in [6.45, 7) is 4.58. The van der Waals surface area contributed by atoms with Gasteiger partial charge in [0.2, 0.25) is 0 Å². The van der Waals surface area contributed by atoms with E-state index in [4.69, 9.17) is 23.3 Å². The molecule has 0 radical (unpaired) electrons. The highest BCUT2D eigenvalue weighted by molar-refractivity contribution is 7.47. The van der Waals surface area contributed by atoms with Crippen molar-refractivity contribution >= 4 is 25.7 Å². The standard InChI is InChI=1S/C66H121O11P/c1-4-7-10-13-16-19-22-25-28-30-31-33-36-39-42-45-48-51-54-57-66(70)77-63(59-73-64(68)55-52-49-46-43-40-37-35-32-29-26-23-20-17-14-11-8-5-2)61-75-78(71,72)74-60-62(58-67)76-65(69)56-53-50-47-44-41-38-34-27-24-21-18-15-12-9-6-3/h8,11,17,20,26-27,29,34,62-63,67H,4-7,9-10,12-16,18-19,21-25,28,30-33,35-61H2,1-3H3,(H,71,72)/b11-8-,20-17-,29-26-,34-27-. The fourth-order valence-electron chi connectivity index (χ4n) is 9.31. The highest BCUT2D eigenvalue weighted by Gasteiger charge is 2.28. The number of aliphatic hydroxyl groups excluding tert-OH is 1. The number of unbranched alkanes of at least 4 members (excludes halogenated alkanes) is 36. The van der Waals surface area contributed by atoms with E-state index in [0.717, 1.165) is 109 Å². The summed E-state index contributed by atoms with van der Waals surface area (Å²) in [4.78, 5) is 48.8. The Labute approximate surface area is 479 Å². The van der Waals surface area contributed by atoms with Gasteiger partial charge in [0.1, 0.15) is 12.7 Å². The van der Waals surface area contributed by atoms with Crippen molar-refractivity contribution in [1.82, 2.24) is 0 Å². The van der Waals surface area contributed by atoms with Gasteiger partial charge in [0.05, 0.1) is 19.8 Å². The van der Waals surface area contributed by atoms with Crippen molar-refractivity contribution in [3.63, 3.8) is 0 Å². The molecule has 11 nitrogen and oxygen atoms in total. The molecule has 0 saturated carbocycles. The molecule has 0 aromatic heterocycles. The van der Waals surface area contributed by atoms with Crippen LogP contribution in [0.25, 0.3) is 0 Å². The van der Waals surface area contributed by atoms with Crippen molar-refractivity contribution in [3.05, 3.63) is 48.6 Å². The summed E-state index contributed by atoms with van der Waals surface area (Å²) in [5.74, 6) is -1.46. The summed E-state index contributed by atoms with van der Waals surface area (Å²) in [6.07, 6.45) is 66.3. The fourth-order valence-corrected chi connectivity index (χ4v) is 10.1. The minimum absolute atomic E-state index is 0.169. The van der Waals surface area contributed by atoms with E-state index in [0.29, 0.717) is 19.3 Å². The molecule has 3 unspecified atom stereocenters. The molecule has 0 heterocycles. The van der Waals surface area contributed by atoms with E-state index in [1.165, 1.54) is 148 Å². The predicted octanol–water partition coefficient (Wildman–Crippen LogP) is 19.7. The van der Waals surface area contributed by atoms with Gasteiger partial charge in [-0.1, -0.05) is 268 Å². The van der Waals surface area contributed by atoms with Crippen molar-refractivity contribution < 1.29 is 52.2 Å². The maximum absolute atomic E-state index is 13.0. The smallest absolute Gasteiger partial charge is 0.462 e. The number of carbonyl (C=O) groups excluding carboxylic acids is 3. The molecular formula is C66H121O11P. The molecule has 0 aromatic carbocycles. The van der Waals surface area contributed by atoms with Crippen LogP contribution < -0.4 is 0 Å². The molecule has 0 aromatic rings. The number of phosphoric acid groups is 1. The van der Waals surface area contributed by atoms with Crippen LogP contribution >= 0.6 is 7.82 Å². The van der Waals surface area contributed by atoms with E-state index in [2.05, 4.69) is 69.4 Å². The van der Waals surface area contributed by atoms with Gasteiger partial charge in [-0.05, 0) is 77.0 Å². The maximum Gasteiger partial charge on any atom is 0.472 e. The normalized spacial score (nSPS) is 13.6. The first-order chi connectivity index (χ1) is 38.2. The number of esters is 3. The van der Waals surface area contributed by atoms with Crippen LogP contribution in [0.4, 0.5) is 0 Å². The number of ether oxygens (including phenoxy) is 3. The molecule has 78 heavy (non-hydrogen) atoms. The second-order valence-corrected chi connectivity index (χ2v) is 23.4. The number of allylic oxidation sites excluding steroid dienone is 8.